The molecule has 2 fully saturated rings. The van der Waals surface area contributed by atoms with Crippen molar-refractivity contribution in [3.8, 4) is 11.3 Å². The Bertz CT molecular complexity index is 943. The number of hydrogen-bond donors (Lipinski definition) is 2. The van der Waals surface area contributed by atoms with E-state index >= 15 is 0 Å². The van der Waals surface area contributed by atoms with Gasteiger partial charge in [-0.1, -0.05) is 18.6 Å². The largest absolute Gasteiger partial charge is 0.349 e. The molecule has 170 valence electrons. The molecule has 1 aromatic carbocycles. The van der Waals surface area contributed by atoms with Gasteiger partial charge in [-0.2, -0.15) is 0 Å². The lowest BCUT2D eigenvalue weighted by Crippen LogP contribution is -2.48. The molecular weight excluding hydrogens is 407 g/mol. The van der Waals surface area contributed by atoms with E-state index < -0.39 is 0 Å². The number of piperidine rings is 1. The van der Waals surface area contributed by atoms with Crippen LogP contribution in [0.25, 0.3) is 11.3 Å². The molecule has 2 aliphatic rings. The third-order valence-electron chi connectivity index (χ3n) is 6.71. The van der Waals surface area contributed by atoms with Crippen LogP contribution in [0.15, 0.2) is 42.6 Å². The number of amides is 2. The van der Waals surface area contributed by atoms with Gasteiger partial charge in [0.25, 0.3) is 5.91 Å². The molecule has 2 N–H and O–H groups in total. The Hall–Kier alpha value is -2.80. The number of nitrogens with zero attached hydrogens (tertiary/aromatic N) is 2. The first kappa shape index (κ1) is 22.4. The Kier molecular flexibility index (Phi) is 7.15. The molecule has 0 radical (unpaired) electrons. The first-order chi connectivity index (χ1) is 15.5. The minimum Gasteiger partial charge on any atom is -0.349 e. The van der Waals surface area contributed by atoms with E-state index in [1.165, 1.54) is 18.3 Å². The molecular formula is C25H31FN4O2. The summed E-state index contributed by atoms with van der Waals surface area (Å²) in [5.74, 6) is -0.342. The number of benzene rings is 1. The number of carbonyl (C=O) groups excluding carboxylic acids is 2. The van der Waals surface area contributed by atoms with Gasteiger partial charge in [0.15, 0.2) is 0 Å². The molecule has 1 aliphatic carbocycles. The Labute approximate surface area is 188 Å². The van der Waals surface area contributed by atoms with Crippen molar-refractivity contribution < 1.29 is 14.0 Å². The van der Waals surface area contributed by atoms with Gasteiger partial charge in [-0.3, -0.25) is 14.6 Å². The summed E-state index contributed by atoms with van der Waals surface area (Å²) in [6, 6.07) is 9.95. The van der Waals surface area contributed by atoms with E-state index in [-0.39, 0.29) is 29.6 Å². The van der Waals surface area contributed by atoms with Crippen LogP contribution in [0.3, 0.4) is 0 Å². The highest BCUT2D eigenvalue weighted by Gasteiger charge is 2.32. The Morgan fingerprint density at radius 2 is 1.94 bits per heavy atom. The smallest absolute Gasteiger partial charge is 0.253 e. The van der Waals surface area contributed by atoms with Gasteiger partial charge in [0.1, 0.15) is 5.82 Å². The van der Waals surface area contributed by atoms with Crippen molar-refractivity contribution in [1.82, 2.24) is 20.5 Å². The van der Waals surface area contributed by atoms with E-state index in [0.29, 0.717) is 29.3 Å². The summed E-state index contributed by atoms with van der Waals surface area (Å²) in [5, 5.41) is 6.43. The fourth-order valence-electron chi connectivity index (χ4n) is 4.82. The highest BCUT2D eigenvalue weighted by atomic mass is 19.1. The van der Waals surface area contributed by atoms with Gasteiger partial charge in [0.05, 0.1) is 11.3 Å². The van der Waals surface area contributed by atoms with Crippen LogP contribution in [0.5, 0.6) is 0 Å². The van der Waals surface area contributed by atoms with Crippen LogP contribution >= 0.6 is 0 Å². The summed E-state index contributed by atoms with van der Waals surface area (Å²) in [6.07, 6.45) is 6.87. The number of rotatable bonds is 5. The second-order valence-electron chi connectivity index (χ2n) is 8.91. The highest BCUT2D eigenvalue weighted by molar-refractivity contribution is 5.94. The van der Waals surface area contributed by atoms with E-state index in [1.807, 2.05) is 11.9 Å². The van der Waals surface area contributed by atoms with Crippen molar-refractivity contribution in [1.29, 1.82) is 0 Å². The van der Waals surface area contributed by atoms with Crippen molar-refractivity contribution in [3.63, 3.8) is 0 Å². The van der Waals surface area contributed by atoms with Crippen LogP contribution in [-0.2, 0) is 4.79 Å². The zero-order valence-corrected chi connectivity index (χ0v) is 18.5. The molecule has 7 heteroatoms. The molecule has 32 heavy (non-hydrogen) atoms. The molecule has 4 rings (SSSR count). The lowest BCUT2D eigenvalue weighted by molar-refractivity contribution is -0.138. The summed E-state index contributed by atoms with van der Waals surface area (Å²) in [7, 11) is 1.92. The second kappa shape index (κ2) is 10.2. The molecule has 1 aromatic heterocycles. The predicted octanol–water partition coefficient (Wildman–Crippen LogP) is 3.39. The summed E-state index contributed by atoms with van der Waals surface area (Å²) in [5.41, 5.74) is 1.75. The standard InChI is InChI=1S/C25H31FN4O2/c1-30(22-10-12-27-13-11-22)25(32)18-5-3-7-21(15-18)29-24(31)19-8-9-23(28-16-19)17-4-2-6-20(26)14-17/h2,4,6,8-9,14,16,18,21-22,27H,3,5,7,10-13,15H2,1H3,(H,29,31). The van der Waals surface area contributed by atoms with Crippen LogP contribution in [0.4, 0.5) is 4.39 Å². The number of hydrogen-bond acceptors (Lipinski definition) is 4. The molecule has 0 bridgehead atoms. The third kappa shape index (κ3) is 5.33. The molecule has 1 saturated heterocycles. The van der Waals surface area contributed by atoms with E-state index in [0.717, 1.165) is 45.2 Å². The monoisotopic (exact) mass is 438 g/mol. The maximum Gasteiger partial charge on any atom is 0.253 e. The predicted molar refractivity (Wildman–Crippen MR) is 122 cm³/mol. The number of carbonyl (C=O) groups is 2. The summed E-state index contributed by atoms with van der Waals surface area (Å²) >= 11 is 0. The quantitative estimate of drug-likeness (QED) is 0.751. The van der Waals surface area contributed by atoms with Gasteiger partial charge in [0, 0.05) is 36.8 Å². The van der Waals surface area contributed by atoms with E-state index in [9.17, 15) is 14.0 Å². The minimum atomic E-state index is -0.321. The van der Waals surface area contributed by atoms with Gasteiger partial charge < -0.3 is 15.5 Å². The summed E-state index contributed by atoms with van der Waals surface area (Å²) in [4.78, 5) is 32.1. The second-order valence-corrected chi connectivity index (χ2v) is 8.91. The van der Waals surface area contributed by atoms with Crippen molar-refractivity contribution in [2.24, 2.45) is 5.92 Å². The van der Waals surface area contributed by atoms with Gasteiger partial charge in [-0.25, -0.2) is 4.39 Å². The fourth-order valence-corrected chi connectivity index (χ4v) is 4.82. The van der Waals surface area contributed by atoms with Crippen molar-refractivity contribution in [2.45, 2.75) is 50.6 Å². The Morgan fingerprint density at radius 1 is 1.12 bits per heavy atom. The molecule has 0 spiro atoms. The zero-order valence-electron chi connectivity index (χ0n) is 18.5. The summed E-state index contributed by atoms with van der Waals surface area (Å²) < 4.78 is 13.4. The third-order valence-corrected chi connectivity index (χ3v) is 6.71. The van der Waals surface area contributed by atoms with Crippen LogP contribution in [-0.4, -0.2) is 53.9 Å². The molecule has 2 heterocycles. The lowest BCUT2D eigenvalue weighted by Gasteiger charge is -2.36. The maximum atomic E-state index is 13.4. The van der Waals surface area contributed by atoms with Crippen molar-refractivity contribution in [3.05, 3.63) is 54.0 Å². The van der Waals surface area contributed by atoms with Crippen LogP contribution in [0, 0.1) is 11.7 Å². The number of aromatic nitrogens is 1. The van der Waals surface area contributed by atoms with Crippen molar-refractivity contribution >= 4 is 11.8 Å². The van der Waals surface area contributed by atoms with Crippen LogP contribution in [0.2, 0.25) is 0 Å². The summed E-state index contributed by atoms with van der Waals surface area (Å²) in [6.45, 7) is 1.91. The first-order valence-electron chi connectivity index (χ1n) is 11.5. The van der Waals surface area contributed by atoms with Crippen molar-refractivity contribution in [2.75, 3.05) is 20.1 Å². The molecule has 2 atom stereocenters. The first-order valence-corrected chi connectivity index (χ1v) is 11.5. The van der Waals surface area contributed by atoms with Crippen LogP contribution in [0.1, 0.15) is 48.9 Å². The molecule has 2 unspecified atom stereocenters. The molecule has 2 aromatic rings. The van der Waals surface area contributed by atoms with Gasteiger partial charge in [-0.15, -0.1) is 0 Å². The fraction of sp³-hybridized carbons (Fsp3) is 0.480. The number of pyridine rings is 1. The normalized spacial score (nSPS) is 21.7. The number of halogens is 1. The highest BCUT2D eigenvalue weighted by Crippen LogP contribution is 2.27. The van der Waals surface area contributed by atoms with Gasteiger partial charge >= 0.3 is 0 Å². The van der Waals surface area contributed by atoms with E-state index in [4.69, 9.17) is 0 Å². The average Bonchev–Trinajstić information content (AvgIpc) is 2.84. The molecule has 1 saturated carbocycles. The zero-order chi connectivity index (χ0) is 22.5. The minimum absolute atomic E-state index is 0.0190. The van der Waals surface area contributed by atoms with E-state index in [2.05, 4.69) is 15.6 Å². The van der Waals surface area contributed by atoms with Gasteiger partial charge in [-0.05, 0) is 69.5 Å². The molecule has 1 aliphatic heterocycles. The molecule has 2 amide bonds. The average molecular weight is 439 g/mol. The Balaban J connectivity index is 1.34. The lowest BCUT2D eigenvalue weighted by atomic mass is 9.84. The van der Waals surface area contributed by atoms with Gasteiger partial charge in [0.2, 0.25) is 5.91 Å². The maximum absolute atomic E-state index is 13.4. The number of nitrogens with one attached hydrogen (secondary N) is 2. The SMILES string of the molecule is CN(C(=O)C1CCCC(NC(=O)c2ccc(-c3cccc(F)c3)nc2)C1)C1CCNCC1. The topological polar surface area (TPSA) is 74.3 Å². The molecule has 6 nitrogen and oxygen atoms in total. The Morgan fingerprint density at radius 3 is 2.66 bits per heavy atom. The van der Waals surface area contributed by atoms with E-state index in [1.54, 1.807) is 24.3 Å². The van der Waals surface area contributed by atoms with Crippen LogP contribution < -0.4 is 10.6 Å².